The molecule has 1 saturated carbocycles. The van der Waals surface area contributed by atoms with Crippen molar-refractivity contribution < 1.29 is 4.79 Å². The molecule has 1 aliphatic carbocycles. The second-order valence-electron chi connectivity index (χ2n) is 5.30. The topological polar surface area (TPSA) is 46.3 Å². The molecule has 1 aliphatic heterocycles. The molecule has 0 radical (unpaired) electrons. The van der Waals surface area contributed by atoms with E-state index < -0.39 is 0 Å². The van der Waals surface area contributed by atoms with Crippen molar-refractivity contribution in [3.8, 4) is 0 Å². The van der Waals surface area contributed by atoms with E-state index in [2.05, 4.69) is 4.90 Å². The molecule has 2 N–H and O–H groups in total. The average Bonchev–Trinajstić information content (AvgIpc) is 2.65. The summed E-state index contributed by atoms with van der Waals surface area (Å²) in [5, 5.41) is 0. The average molecular weight is 256 g/mol. The fourth-order valence-corrected chi connectivity index (χ4v) is 3.92. The van der Waals surface area contributed by atoms with Crippen molar-refractivity contribution in [1.82, 2.24) is 4.90 Å². The lowest BCUT2D eigenvalue weighted by Crippen LogP contribution is -2.50. The lowest BCUT2D eigenvalue weighted by Gasteiger charge is -2.37. The lowest BCUT2D eigenvalue weighted by atomic mass is 9.79. The fourth-order valence-electron chi connectivity index (χ4n) is 3.01. The Morgan fingerprint density at radius 2 is 1.71 bits per heavy atom. The third kappa shape index (κ3) is 2.97. The minimum absolute atomic E-state index is 0.224. The third-order valence-corrected chi connectivity index (χ3v) is 5.15. The molecule has 2 rings (SSSR count). The van der Waals surface area contributed by atoms with E-state index in [4.69, 9.17) is 5.73 Å². The van der Waals surface area contributed by atoms with Gasteiger partial charge in [-0.2, -0.15) is 11.8 Å². The predicted octanol–water partition coefficient (Wildman–Crippen LogP) is 1.86. The highest BCUT2D eigenvalue weighted by atomic mass is 32.2. The predicted molar refractivity (Wildman–Crippen MR) is 73.1 cm³/mol. The molecule has 3 nitrogen and oxygen atoms in total. The minimum Gasteiger partial charge on any atom is -0.341 e. The first-order chi connectivity index (χ1) is 8.28. The third-order valence-electron chi connectivity index (χ3n) is 4.20. The van der Waals surface area contributed by atoms with E-state index >= 15 is 0 Å². The number of carbonyl (C=O) groups is 1. The van der Waals surface area contributed by atoms with Crippen LogP contribution in [0.5, 0.6) is 0 Å². The Kier molecular flexibility index (Phi) is 4.74. The van der Waals surface area contributed by atoms with Crippen LogP contribution in [0.2, 0.25) is 0 Å². The summed E-state index contributed by atoms with van der Waals surface area (Å²) in [5.41, 5.74) is 5.74. The van der Waals surface area contributed by atoms with E-state index in [1.165, 1.54) is 25.7 Å². The summed E-state index contributed by atoms with van der Waals surface area (Å²) in [5.74, 6) is 2.53. The van der Waals surface area contributed by atoms with Crippen LogP contribution in [0.25, 0.3) is 0 Å². The van der Waals surface area contributed by atoms with E-state index in [-0.39, 0.29) is 5.41 Å². The van der Waals surface area contributed by atoms with Gasteiger partial charge in [-0.3, -0.25) is 4.79 Å². The Hall–Kier alpha value is -0.220. The molecule has 1 saturated heterocycles. The number of carbonyl (C=O) groups excluding carboxylic acids is 1. The number of nitrogens with two attached hydrogens (primary N) is 1. The number of hydrogen-bond donors (Lipinski definition) is 1. The van der Waals surface area contributed by atoms with Crippen LogP contribution in [0.3, 0.4) is 0 Å². The SMILES string of the molecule is NCC1(C(=O)N2CCSCC2)CCCCCC1. The van der Waals surface area contributed by atoms with Gasteiger partial charge in [0.05, 0.1) is 5.41 Å². The summed E-state index contributed by atoms with van der Waals surface area (Å²) >= 11 is 1.95. The molecule has 0 spiro atoms. The minimum atomic E-state index is -0.224. The summed E-state index contributed by atoms with van der Waals surface area (Å²) < 4.78 is 0. The number of amides is 1. The molecule has 4 heteroatoms. The molecule has 0 aromatic carbocycles. The highest BCUT2D eigenvalue weighted by Crippen LogP contribution is 2.36. The number of rotatable bonds is 2. The van der Waals surface area contributed by atoms with Crippen LogP contribution in [0.4, 0.5) is 0 Å². The second-order valence-corrected chi connectivity index (χ2v) is 6.53. The highest BCUT2D eigenvalue weighted by Gasteiger charge is 2.40. The van der Waals surface area contributed by atoms with Crippen molar-refractivity contribution in [3.63, 3.8) is 0 Å². The summed E-state index contributed by atoms with van der Waals surface area (Å²) in [6, 6.07) is 0. The van der Waals surface area contributed by atoms with Crippen LogP contribution in [-0.2, 0) is 4.79 Å². The van der Waals surface area contributed by atoms with Gasteiger partial charge < -0.3 is 10.6 Å². The summed E-state index contributed by atoms with van der Waals surface area (Å²) in [6.45, 7) is 2.38. The van der Waals surface area contributed by atoms with Crippen molar-refractivity contribution in [2.24, 2.45) is 11.1 Å². The van der Waals surface area contributed by atoms with E-state index in [0.29, 0.717) is 12.5 Å². The molecular formula is C13H24N2OS. The summed E-state index contributed by atoms with van der Waals surface area (Å²) in [4.78, 5) is 14.8. The Balaban J connectivity index is 2.06. The van der Waals surface area contributed by atoms with Crippen molar-refractivity contribution in [2.45, 2.75) is 38.5 Å². The van der Waals surface area contributed by atoms with Gasteiger partial charge in [-0.05, 0) is 12.8 Å². The maximum atomic E-state index is 12.7. The van der Waals surface area contributed by atoms with Crippen molar-refractivity contribution in [3.05, 3.63) is 0 Å². The normalized spacial score (nSPS) is 25.4. The van der Waals surface area contributed by atoms with Gasteiger partial charge in [-0.1, -0.05) is 25.7 Å². The fraction of sp³-hybridized carbons (Fsp3) is 0.923. The summed E-state index contributed by atoms with van der Waals surface area (Å²) in [6.07, 6.45) is 6.89. The standard InChI is InChI=1S/C13H24N2OS/c14-11-13(5-3-1-2-4-6-13)12(16)15-7-9-17-10-8-15/h1-11,14H2. The van der Waals surface area contributed by atoms with Crippen LogP contribution in [0.1, 0.15) is 38.5 Å². The van der Waals surface area contributed by atoms with Crippen molar-refractivity contribution in [1.29, 1.82) is 0 Å². The van der Waals surface area contributed by atoms with E-state index in [1.54, 1.807) is 0 Å². The first-order valence-electron chi connectivity index (χ1n) is 6.86. The first kappa shape index (κ1) is 13.2. The molecule has 0 unspecified atom stereocenters. The van der Waals surface area contributed by atoms with Gasteiger partial charge in [-0.15, -0.1) is 0 Å². The summed E-state index contributed by atoms with van der Waals surface area (Å²) in [7, 11) is 0. The van der Waals surface area contributed by atoms with Crippen molar-refractivity contribution in [2.75, 3.05) is 31.1 Å². The zero-order valence-electron chi connectivity index (χ0n) is 10.6. The molecule has 2 fully saturated rings. The van der Waals surface area contributed by atoms with Gasteiger partial charge in [0.2, 0.25) is 5.91 Å². The van der Waals surface area contributed by atoms with Crippen LogP contribution in [-0.4, -0.2) is 41.9 Å². The number of thioether (sulfide) groups is 1. The molecule has 2 aliphatic rings. The van der Waals surface area contributed by atoms with Crippen LogP contribution in [0.15, 0.2) is 0 Å². The zero-order chi connectivity index (χ0) is 12.1. The van der Waals surface area contributed by atoms with Gasteiger partial charge in [-0.25, -0.2) is 0 Å². The maximum Gasteiger partial charge on any atom is 0.230 e. The Morgan fingerprint density at radius 3 is 2.24 bits per heavy atom. The quantitative estimate of drug-likeness (QED) is 0.767. The molecule has 98 valence electrons. The first-order valence-corrected chi connectivity index (χ1v) is 8.01. The monoisotopic (exact) mass is 256 g/mol. The Labute approximate surface area is 108 Å². The van der Waals surface area contributed by atoms with Crippen LogP contribution >= 0.6 is 11.8 Å². The lowest BCUT2D eigenvalue weighted by molar-refractivity contribution is -0.142. The maximum absolute atomic E-state index is 12.7. The van der Waals surface area contributed by atoms with Gasteiger partial charge in [0.15, 0.2) is 0 Å². The van der Waals surface area contributed by atoms with Crippen LogP contribution < -0.4 is 5.73 Å². The molecule has 0 atom stereocenters. The molecule has 17 heavy (non-hydrogen) atoms. The van der Waals surface area contributed by atoms with Gasteiger partial charge in [0, 0.05) is 31.1 Å². The van der Waals surface area contributed by atoms with Crippen molar-refractivity contribution >= 4 is 17.7 Å². The molecule has 0 bridgehead atoms. The smallest absolute Gasteiger partial charge is 0.230 e. The van der Waals surface area contributed by atoms with E-state index in [9.17, 15) is 4.79 Å². The van der Waals surface area contributed by atoms with Crippen LogP contribution in [0, 0.1) is 5.41 Å². The molecule has 1 amide bonds. The molecule has 1 heterocycles. The van der Waals surface area contributed by atoms with Gasteiger partial charge >= 0.3 is 0 Å². The Morgan fingerprint density at radius 1 is 1.12 bits per heavy atom. The van der Waals surface area contributed by atoms with E-state index in [0.717, 1.165) is 37.4 Å². The molecule has 0 aromatic heterocycles. The molecule has 0 aromatic rings. The zero-order valence-corrected chi connectivity index (χ0v) is 11.4. The molecular weight excluding hydrogens is 232 g/mol. The van der Waals surface area contributed by atoms with E-state index in [1.807, 2.05) is 11.8 Å². The highest BCUT2D eigenvalue weighted by molar-refractivity contribution is 7.99. The number of nitrogens with zero attached hydrogens (tertiary/aromatic N) is 1. The van der Waals surface area contributed by atoms with Gasteiger partial charge in [0.25, 0.3) is 0 Å². The largest absolute Gasteiger partial charge is 0.341 e. The Bertz CT molecular complexity index is 256. The van der Waals surface area contributed by atoms with Gasteiger partial charge in [0.1, 0.15) is 0 Å². The second kappa shape index (κ2) is 6.10. The number of hydrogen-bond acceptors (Lipinski definition) is 3.